The summed E-state index contributed by atoms with van der Waals surface area (Å²) in [5, 5.41) is 3.44. The van der Waals surface area contributed by atoms with E-state index in [9.17, 15) is 0 Å². The molecular weight excluding hydrogens is 112 g/mol. The van der Waals surface area contributed by atoms with Gasteiger partial charge in [0.1, 0.15) is 0 Å². The van der Waals surface area contributed by atoms with Crippen molar-refractivity contribution in [1.82, 2.24) is 5.32 Å². The van der Waals surface area contributed by atoms with Crippen molar-refractivity contribution in [3.63, 3.8) is 0 Å². The highest BCUT2D eigenvalue weighted by molar-refractivity contribution is 4.96. The normalized spacial score (nSPS) is 49.7. The first-order chi connectivity index (χ1) is 4.29. The van der Waals surface area contributed by atoms with Crippen molar-refractivity contribution in [1.29, 1.82) is 0 Å². The molecule has 0 aromatic heterocycles. The lowest BCUT2D eigenvalue weighted by atomic mass is 10.0. The molecule has 2 bridgehead atoms. The van der Waals surface area contributed by atoms with Crippen LogP contribution in [0.1, 0.15) is 32.1 Å². The first kappa shape index (κ1) is 5.69. The van der Waals surface area contributed by atoms with Crippen LogP contribution in [0.15, 0.2) is 0 Å². The summed E-state index contributed by atoms with van der Waals surface area (Å²) in [7, 11) is 0. The monoisotopic (exact) mass is 126 g/mol. The summed E-state index contributed by atoms with van der Waals surface area (Å²) < 4.78 is 0. The Kier molecular flexibility index (Phi) is 1.08. The highest BCUT2D eigenvalue weighted by atomic mass is 15.2. The van der Waals surface area contributed by atoms with Crippen LogP contribution >= 0.6 is 0 Å². The Hall–Kier alpha value is -0.0800. The van der Waals surface area contributed by atoms with Crippen molar-refractivity contribution in [2.24, 2.45) is 5.73 Å². The number of piperidine rings is 1. The van der Waals surface area contributed by atoms with Gasteiger partial charge in [0.2, 0.25) is 0 Å². The third-order valence-corrected chi connectivity index (χ3v) is 2.61. The van der Waals surface area contributed by atoms with E-state index < -0.39 is 0 Å². The maximum Gasteiger partial charge on any atom is 0.0664 e. The van der Waals surface area contributed by atoms with Gasteiger partial charge in [-0.1, -0.05) is 0 Å². The molecule has 52 valence electrons. The van der Waals surface area contributed by atoms with Crippen molar-refractivity contribution in [2.75, 3.05) is 0 Å². The number of hydrogen-bond donors (Lipinski definition) is 2. The van der Waals surface area contributed by atoms with Gasteiger partial charge >= 0.3 is 0 Å². The Bertz CT molecular complexity index is 120. The maximum atomic E-state index is 5.99. The number of nitrogens with two attached hydrogens (primary N) is 1. The van der Waals surface area contributed by atoms with Gasteiger partial charge in [0.05, 0.1) is 5.66 Å². The minimum atomic E-state index is 0.0446. The second-order valence-corrected chi connectivity index (χ2v) is 3.43. The van der Waals surface area contributed by atoms with Crippen LogP contribution in [0, 0.1) is 0 Å². The molecule has 9 heavy (non-hydrogen) atoms. The first-order valence-corrected chi connectivity index (χ1v) is 3.85. The predicted molar refractivity (Wildman–Crippen MR) is 36.9 cm³/mol. The van der Waals surface area contributed by atoms with E-state index in [0.717, 1.165) is 6.04 Å². The van der Waals surface area contributed by atoms with Gasteiger partial charge in [-0.25, -0.2) is 0 Å². The molecule has 2 saturated heterocycles. The second-order valence-electron chi connectivity index (χ2n) is 3.43. The fourth-order valence-corrected chi connectivity index (χ4v) is 2.06. The van der Waals surface area contributed by atoms with Gasteiger partial charge in [0, 0.05) is 6.04 Å². The van der Waals surface area contributed by atoms with Crippen LogP contribution in [0.5, 0.6) is 0 Å². The zero-order valence-electron chi connectivity index (χ0n) is 5.69. The van der Waals surface area contributed by atoms with E-state index in [4.69, 9.17) is 5.73 Å². The van der Waals surface area contributed by atoms with Crippen LogP contribution in [0.2, 0.25) is 0 Å². The molecule has 2 nitrogen and oxygen atoms in total. The van der Waals surface area contributed by atoms with Gasteiger partial charge < -0.3 is 5.73 Å². The molecule has 2 aliphatic heterocycles. The first-order valence-electron chi connectivity index (χ1n) is 3.85. The Balaban J connectivity index is 2.13. The number of hydrogen-bond acceptors (Lipinski definition) is 2. The minimum absolute atomic E-state index is 0.0446. The summed E-state index contributed by atoms with van der Waals surface area (Å²) in [4.78, 5) is 0. The topological polar surface area (TPSA) is 38.0 Å². The number of nitrogens with one attached hydrogen (secondary N) is 1. The van der Waals surface area contributed by atoms with Gasteiger partial charge in [-0.2, -0.15) is 0 Å². The molecule has 2 heterocycles. The molecule has 2 aliphatic rings. The fourth-order valence-electron chi connectivity index (χ4n) is 2.06. The van der Waals surface area contributed by atoms with Crippen molar-refractivity contribution < 1.29 is 0 Å². The Morgan fingerprint density at radius 1 is 1.33 bits per heavy atom. The standard InChI is InChI=1S/C7H14N2/c8-7-4-1-2-6(9-7)3-5-7/h6,9H,1-5,8H2. The minimum Gasteiger partial charge on any atom is -0.313 e. The fraction of sp³-hybridized carbons (Fsp3) is 1.00. The molecule has 3 N–H and O–H groups in total. The van der Waals surface area contributed by atoms with Gasteiger partial charge in [-0.05, 0) is 32.1 Å². The predicted octanol–water partition coefficient (Wildman–Crippen LogP) is 0.577. The SMILES string of the molecule is NC12CCCC(CC1)N2. The average molecular weight is 126 g/mol. The molecular formula is C7H14N2. The molecule has 0 radical (unpaired) electrons. The molecule has 0 aromatic rings. The molecule has 2 unspecified atom stereocenters. The van der Waals surface area contributed by atoms with Gasteiger partial charge in [0.15, 0.2) is 0 Å². The Morgan fingerprint density at radius 3 is 2.89 bits per heavy atom. The average Bonchev–Trinajstić information content (AvgIpc) is 2.07. The number of fused-ring (bicyclic) bond motifs is 2. The highest BCUT2D eigenvalue weighted by Gasteiger charge is 2.37. The third kappa shape index (κ3) is 0.864. The summed E-state index contributed by atoms with van der Waals surface area (Å²) in [6, 6.07) is 0.753. The van der Waals surface area contributed by atoms with Gasteiger partial charge in [-0.3, -0.25) is 5.32 Å². The third-order valence-electron chi connectivity index (χ3n) is 2.61. The molecule has 0 aromatic carbocycles. The largest absolute Gasteiger partial charge is 0.313 e. The zero-order valence-corrected chi connectivity index (χ0v) is 5.69. The van der Waals surface area contributed by atoms with Crippen molar-refractivity contribution >= 4 is 0 Å². The lowest BCUT2D eigenvalue weighted by molar-refractivity contribution is 0.284. The molecule has 2 heteroatoms. The molecule has 2 rings (SSSR count). The molecule has 0 saturated carbocycles. The molecule has 0 aliphatic carbocycles. The van der Waals surface area contributed by atoms with E-state index in [-0.39, 0.29) is 5.66 Å². The van der Waals surface area contributed by atoms with Crippen LogP contribution in [-0.4, -0.2) is 11.7 Å². The lowest BCUT2D eigenvalue weighted by Crippen LogP contribution is -2.53. The van der Waals surface area contributed by atoms with Gasteiger partial charge in [-0.15, -0.1) is 0 Å². The Labute approximate surface area is 55.8 Å². The van der Waals surface area contributed by atoms with Crippen LogP contribution in [0.3, 0.4) is 0 Å². The van der Waals surface area contributed by atoms with E-state index in [0.29, 0.717) is 0 Å². The van der Waals surface area contributed by atoms with Crippen LogP contribution < -0.4 is 11.1 Å². The molecule has 2 fully saturated rings. The summed E-state index contributed by atoms with van der Waals surface area (Å²) in [5.41, 5.74) is 6.03. The maximum absolute atomic E-state index is 5.99. The smallest absolute Gasteiger partial charge is 0.0664 e. The Morgan fingerprint density at radius 2 is 2.22 bits per heavy atom. The van der Waals surface area contributed by atoms with Crippen molar-refractivity contribution in [2.45, 2.75) is 43.8 Å². The van der Waals surface area contributed by atoms with E-state index in [1.807, 2.05) is 0 Å². The van der Waals surface area contributed by atoms with E-state index in [1.54, 1.807) is 0 Å². The lowest BCUT2D eigenvalue weighted by Gasteiger charge is -2.30. The summed E-state index contributed by atoms with van der Waals surface area (Å²) in [5.74, 6) is 0. The van der Waals surface area contributed by atoms with Crippen molar-refractivity contribution in [3.05, 3.63) is 0 Å². The van der Waals surface area contributed by atoms with E-state index >= 15 is 0 Å². The quantitative estimate of drug-likeness (QED) is 0.498. The molecule has 2 atom stereocenters. The van der Waals surface area contributed by atoms with Crippen molar-refractivity contribution in [3.8, 4) is 0 Å². The highest BCUT2D eigenvalue weighted by Crippen LogP contribution is 2.31. The summed E-state index contributed by atoms with van der Waals surface area (Å²) >= 11 is 0. The van der Waals surface area contributed by atoms with Gasteiger partial charge in [0.25, 0.3) is 0 Å². The number of rotatable bonds is 0. The van der Waals surface area contributed by atoms with Crippen LogP contribution in [0.25, 0.3) is 0 Å². The molecule has 0 amide bonds. The van der Waals surface area contributed by atoms with E-state index in [1.165, 1.54) is 32.1 Å². The summed E-state index contributed by atoms with van der Waals surface area (Å²) in [6.45, 7) is 0. The van der Waals surface area contributed by atoms with E-state index in [2.05, 4.69) is 5.32 Å². The summed E-state index contributed by atoms with van der Waals surface area (Å²) in [6.07, 6.45) is 6.35. The molecule has 0 spiro atoms. The zero-order chi connectivity index (χ0) is 6.32. The second kappa shape index (κ2) is 1.70. The van der Waals surface area contributed by atoms with Crippen LogP contribution in [0.4, 0.5) is 0 Å². The van der Waals surface area contributed by atoms with Crippen LogP contribution in [-0.2, 0) is 0 Å².